The first-order valence-electron chi connectivity index (χ1n) is 42.1. The molecular weight excluding hydrogens is 1310 g/mol. The zero-order valence-electron chi connectivity index (χ0n) is 65.3. The van der Waals surface area contributed by atoms with Crippen molar-refractivity contribution in [2.75, 3.05) is 39.6 Å². The molecule has 0 aromatic heterocycles. The molecule has 19 heteroatoms. The van der Waals surface area contributed by atoms with Gasteiger partial charge in [0.05, 0.1) is 26.4 Å². The molecule has 0 spiro atoms. The Kier molecular flexibility index (Phi) is 72.5. The molecule has 594 valence electrons. The van der Waals surface area contributed by atoms with E-state index in [4.69, 9.17) is 37.0 Å². The Morgan fingerprint density at radius 2 is 0.460 bits per heavy atom. The van der Waals surface area contributed by atoms with E-state index in [0.29, 0.717) is 25.7 Å². The first-order valence-corrected chi connectivity index (χ1v) is 45.1. The van der Waals surface area contributed by atoms with Crippen LogP contribution in [0.3, 0.4) is 0 Å². The van der Waals surface area contributed by atoms with E-state index in [1.54, 1.807) is 0 Å². The average Bonchev–Trinajstić information content (AvgIpc) is 0.979. The summed E-state index contributed by atoms with van der Waals surface area (Å²) in [5.74, 6) is -1.34. The SMILES string of the molecule is CCCCCCCCCCCCCCCCCCCCCC(=O)O[C@H](COC(=O)CCCCCCCCCCCCCCCCCCC)COP(=O)(O)OC[C@@H](O)COP(=O)(O)OC[C@@H](COC(=O)CCCCCCCCCCCC)OC(=O)CCCCCCCCCCCCCC(C)C. The molecule has 0 aliphatic heterocycles. The topological polar surface area (TPSA) is 237 Å². The molecule has 0 heterocycles. The van der Waals surface area contributed by atoms with Gasteiger partial charge < -0.3 is 33.8 Å². The van der Waals surface area contributed by atoms with Gasteiger partial charge in [-0.3, -0.25) is 37.3 Å². The Bertz CT molecular complexity index is 1910. The normalized spacial score (nSPS) is 13.8. The first-order chi connectivity index (χ1) is 48.5. The number of hydrogen-bond donors (Lipinski definition) is 3. The zero-order valence-corrected chi connectivity index (χ0v) is 67.1. The lowest BCUT2D eigenvalue weighted by molar-refractivity contribution is -0.161. The van der Waals surface area contributed by atoms with Crippen molar-refractivity contribution in [3.8, 4) is 0 Å². The molecule has 0 saturated heterocycles. The highest BCUT2D eigenvalue weighted by atomic mass is 31.2. The van der Waals surface area contributed by atoms with Crippen molar-refractivity contribution in [2.45, 2.75) is 451 Å². The number of aliphatic hydroxyl groups is 1. The molecule has 0 fully saturated rings. The van der Waals surface area contributed by atoms with Crippen LogP contribution in [0.4, 0.5) is 0 Å². The van der Waals surface area contributed by atoms with Crippen LogP contribution in [-0.4, -0.2) is 96.7 Å². The van der Waals surface area contributed by atoms with Gasteiger partial charge in [0.15, 0.2) is 12.2 Å². The summed E-state index contributed by atoms with van der Waals surface area (Å²) in [4.78, 5) is 73.0. The third-order valence-electron chi connectivity index (χ3n) is 19.0. The predicted molar refractivity (Wildman–Crippen MR) is 409 cm³/mol. The van der Waals surface area contributed by atoms with Gasteiger partial charge in [-0.25, -0.2) is 9.13 Å². The van der Waals surface area contributed by atoms with Gasteiger partial charge >= 0.3 is 39.5 Å². The summed E-state index contributed by atoms with van der Waals surface area (Å²) in [6.45, 7) is 7.33. The van der Waals surface area contributed by atoms with Crippen LogP contribution in [0.5, 0.6) is 0 Å². The monoisotopic (exact) mass is 1470 g/mol. The van der Waals surface area contributed by atoms with E-state index in [0.717, 1.165) is 95.8 Å². The van der Waals surface area contributed by atoms with Crippen molar-refractivity contribution in [3.05, 3.63) is 0 Å². The van der Waals surface area contributed by atoms with Crippen molar-refractivity contribution in [3.63, 3.8) is 0 Å². The van der Waals surface area contributed by atoms with E-state index in [1.165, 1.54) is 257 Å². The number of unbranched alkanes of at least 4 members (excludes halogenated alkanes) is 53. The van der Waals surface area contributed by atoms with Crippen LogP contribution in [0.15, 0.2) is 0 Å². The van der Waals surface area contributed by atoms with E-state index in [9.17, 15) is 43.2 Å². The first kappa shape index (κ1) is 98.1. The number of esters is 4. The van der Waals surface area contributed by atoms with E-state index in [-0.39, 0.29) is 25.7 Å². The maximum absolute atomic E-state index is 13.1. The Hall–Kier alpha value is -1.94. The molecule has 17 nitrogen and oxygen atoms in total. The number of ether oxygens (including phenoxy) is 4. The summed E-state index contributed by atoms with van der Waals surface area (Å²) in [5, 5.41) is 10.6. The molecule has 0 amide bonds. The Labute approximate surface area is 613 Å². The summed E-state index contributed by atoms with van der Waals surface area (Å²) >= 11 is 0. The molecular formula is C81H158O17P2. The van der Waals surface area contributed by atoms with Crippen molar-refractivity contribution >= 4 is 39.5 Å². The van der Waals surface area contributed by atoms with Crippen LogP contribution in [0.25, 0.3) is 0 Å². The highest BCUT2D eigenvalue weighted by molar-refractivity contribution is 7.47. The molecule has 0 radical (unpaired) electrons. The van der Waals surface area contributed by atoms with Crippen molar-refractivity contribution in [1.82, 2.24) is 0 Å². The lowest BCUT2D eigenvalue weighted by Crippen LogP contribution is -2.30. The molecule has 5 atom stereocenters. The summed E-state index contributed by atoms with van der Waals surface area (Å²) < 4.78 is 68.7. The fraction of sp³-hybridized carbons (Fsp3) is 0.951. The Balaban J connectivity index is 5.23. The van der Waals surface area contributed by atoms with E-state index in [1.807, 2.05) is 0 Å². The van der Waals surface area contributed by atoms with Crippen LogP contribution in [-0.2, 0) is 65.4 Å². The summed E-state index contributed by atoms with van der Waals surface area (Å²) in [6.07, 6.45) is 65.2. The third kappa shape index (κ3) is 74.3. The van der Waals surface area contributed by atoms with Crippen LogP contribution in [0, 0.1) is 5.92 Å². The van der Waals surface area contributed by atoms with Gasteiger partial charge in [0.1, 0.15) is 19.3 Å². The lowest BCUT2D eigenvalue weighted by atomic mass is 10.0. The van der Waals surface area contributed by atoms with Gasteiger partial charge in [-0.05, 0) is 31.6 Å². The second-order valence-electron chi connectivity index (χ2n) is 29.6. The Morgan fingerprint density at radius 3 is 0.680 bits per heavy atom. The van der Waals surface area contributed by atoms with Crippen molar-refractivity contribution in [2.24, 2.45) is 5.92 Å². The largest absolute Gasteiger partial charge is 0.472 e. The molecule has 0 saturated carbocycles. The maximum atomic E-state index is 13.1. The quantitative estimate of drug-likeness (QED) is 0.0222. The molecule has 0 aliphatic carbocycles. The smallest absolute Gasteiger partial charge is 0.462 e. The lowest BCUT2D eigenvalue weighted by Gasteiger charge is -2.21. The second-order valence-corrected chi connectivity index (χ2v) is 32.5. The van der Waals surface area contributed by atoms with Crippen LogP contribution in [0.1, 0.15) is 433 Å². The zero-order chi connectivity index (χ0) is 73.4. The molecule has 0 aromatic rings. The standard InChI is InChI=1S/C81H158O17P2/c1-6-9-12-15-18-21-24-26-28-30-31-33-35-37-41-46-51-56-61-66-80(85)97-77(71-92-79(84)65-60-55-50-45-40-36-34-32-29-27-25-22-19-16-13-10-7-2)73-96-100(89,90)94-69-75(82)68-93-99(87,88)95-72-76(70-91-78(83)64-59-54-49-44-23-20-17-14-11-8-3)98-81(86)67-62-57-52-47-42-38-39-43-48-53-58-63-74(4)5/h74-77,82H,6-73H2,1-5H3,(H,87,88)(H,89,90)/t75-,76+,77+/m0/s1. The number of phosphoric acid groups is 2. The molecule has 0 aliphatic rings. The molecule has 0 rings (SSSR count). The number of hydrogen-bond acceptors (Lipinski definition) is 15. The molecule has 3 N–H and O–H groups in total. The molecule has 0 aromatic carbocycles. The van der Waals surface area contributed by atoms with Crippen LogP contribution in [0.2, 0.25) is 0 Å². The molecule has 0 bridgehead atoms. The average molecular weight is 1470 g/mol. The number of carbonyl (C=O) groups is 4. The van der Waals surface area contributed by atoms with E-state index < -0.39 is 97.5 Å². The molecule has 2 unspecified atom stereocenters. The summed E-state index contributed by atoms with van der Waals surface area (Å²) in [5.41, 5.74) is 0. The maximum Gasteiger partial charge on any atom is 0.472 e. The van der Waals surface area contributed by atoms with E-state index >= 15 is 0 Å². The van der Waals surface area contributed by atoms with Crippen molar-refractivity contribution in [1.29, 1.82) is 0 Å². The van der Waals surface area contributed by atoms with Gasteiger partial charge in [0.2, 0.25) is 0 Å². The van der Waals surface area contributed by atoms with Gasteiger partial charge in [-0.2, -0.15) is 0 Å². The van der Waals surface area contributed by atoms with Gasteiger partial charge in [-0.1, -0.05) is 381 Å². The number of rotatable bonds is 81. The predicted octanol–water partition coefficient (Wildman–Crippen LogP) is 24.4. The number of aliphatic hydroxyl groups excluding tert-OH is 1. The van der Waals surface area contributed by atoms with E-state index in [2.05, 4.69) is 34.6 Å². The van der Waals surface area contributed by atoms with Gasteiger partial charge in [0, 0.05) is 25.7 Å². The minimum atomic E-state index is -4.96. The minimum absolute atomic E-state index is 0.107. The number of phosphoric ester groups is 2. The molecule has 100 heavy (non-hydrogen) atoms. The highest BCUT2D eigenvalue weighted by Crippen LogP contribution is 2.45. The summed E-state index contributed by atoms with van der Waals surface area (Å²) in [6, 6.07) is 0. The fourth-order valence-corrected chi connectivity index (χ4v) is 14.2. The van der Waals surface area contributed by atoms with Crippen molar-refractivity contribution < 1.29 is 80.2 Å². The fourth-order valence-electron chi connectivity index (χ4n) is 12.6. The highest BCUT2D eigenvalue weighted by Gasteiger charge is 2.30. The van der Waals surface area contributed by atoms with Crippen LogP contribution >= 0.6 is 15.6 Å². The summed E-state index contributed by atoms with van der Waals surface area (Å²) in [7, 11) is -9.92. The van der Waals surface area contributed by atoms with Crippen LogP contribution < -0.4 is 0 Å². The van der Waals surface area contributed by atoms with Gasteiger partial charge in [-0.15, -0.1) is 0 Å². The minimum Gasteiger partial charge on any atom is -0.462 e. The van der Waals surface area contributed by atoms with Gasteiger partial charge in [0.25, 0.3) is 0 Å². The third-order valence-corrected chi connectivity index (χ3v) is 20.9. The second kappa shape index (κ2) is 73.9. The number of carbonyl (C=O) groups excluding carboxylic acids is 4. The Morgan fingerprint density at radius 1 is 0.270 bits per heavy atom.